The monoisotopic (exact) mass is 314 g/mol. The van der Waals surface area contributed by atoms with Crippen LogP contribution in [0.2, 0.25) is 0 Å². The van der Waals surface area contributed by atoms with Crippen molar-refractivity contribution in [1.82, 2.24) is 4.90 Å². The number of aryl methyl sites for hydroxylation is 2. The molecule has 23 heavy (non-hydrogen) atoms. The average Bonchev–Trinajstić information content (AvgIpc) is 2.89. The van der Waals surface area contributed by atoms with Crippen molar-refractivity contribution in [3.63, 3.8) is 0 Å². The van der Waals surface area contributed by atoms with Crippen molar-refractivity contribution >= 4 is 17.5 Å². The molecule has 2 amide bonds. The van der Waals surface area contributed by atoms with Gasteiger partial charge >= 0.3 is 0 Å². The van der Waals surface area contributed by atoms with Gasteiger partial charge in [-0.2, -0.15) is 0 Å². The zero-order valence-electron chi connectivity index (χ0n) is 14.3. The fourth-order valence-corrected chi connectivity index (χ4v) is 3.87. The maximum atomic E-state index is 12.8. The number of hydrogen-bond acceptors (Lipinski definition) is 2. The molecule has 124 valence electrons. The first kappa shape index (κ1) is 16.0. The SMILES string of the molecule is Cc1ccc(N2C[C@H](C(=O)N3CCCC[C@H]3C)CC2=O)c(C)c1. The van der Waals surface area contributed by atoms with E-state index in [1.54, 1.807) is 4.90 Å². The molecule has 0 saturated carbocycles. The van der Waals surface area contributed by atoms with Gasteiger partial charge in [-0.1, -0.05) is 17.7 Å². The van der Waals surface area contributed by atoms with Crippen molar-refractivity contribution < 1.29 is 9.59 Å². The van der Waals surface area contributed by atoms with Crippen LogP contribution in [0.5, 0.6) is 0 Å². The molecule has 2 aliphatic rings. The maximum absolute atomic E-state index is 12.8. The van der Waals surface area contributed by atoms with Gasteiger partial charge in [0.25, 0.3) is 0 Å². The molecule has 0 spiro atoms. The van der Waals surface area contributed by atoms with E-state index in [0.717, 1.165) is 30.6 Å². The van der Waals surface area contributed by atoms with Crippen LogP contribution in [-0.4, -0.2) is 35.8 Å². The molecule has 2 atom stereocenters. The summed E-state index contributed by atoms with van der Waals surface area (Å²) >= 11 is 0. The number of carbonyl (C=O) groups excluding carboxylic acids is 2. The van der Waals surface area contributed by atoms with Crippen LogP contribution >= 0.6 is 0 Å². The normalized spacial score (nSPS) is 25.1. The molecule has 4 heteroatoms. The molecule has 1 aromatic rings. The highest BCUT2D eigenvalue weighted by molar-refractivity contribution is 6.00. The number of carbonyl (C=O) groups is 2. The Balaban J connectivity index is 1.75. The number of piperidine rings is 1. The Morgan fingerprint density at radius 1 is 1.22 bits per heavy atom. The van der Waals surface area contributed by atoms with Crippen LogP contribution in [0.3, 0.4) is 0 Å². The Labute approximate surface area is 138 Å². The Hall–Kier alpha value is -1.84. The van der Waals surface area contributed by atoms with Crippen LogP contribution < -0.4 is 4.90 Å². The fourth-order valence-electron chi connectivity index (χ4n) is 3.87. The summed E-state index contributed by atoms with van der Waals surface area (Å²) in [5.41, 5.74) is 3.23. The van der Waals surface area contributed by atoms with Crippen LogP contribution in [-0.2, 0) is 9.59 Å². The molecule has 0 bridgehead atoms. The predicted octanol–water partition coefficient (Wildman–Crippen LogP) is 3.06. The lowest BCUT2D eigenvalue weighted by Crippen LogP contribution is -2.45. The number of benzene rings is 1. The van der Waals surface area contributed by atoms with Crippen LogP contribution in [0.1, 0.15) is 43.7 Å². The molecule has 0 radical (unpaired) electrons. The molecule has 4 nitrogen and oxygen atoms in total. The first-order valence-electron chi connectivity index (χ1n) is 8.65. The molecule has 0 aromatic heterocycles. The van der Waals surface area contributed by atoms with Crippen LogP contribution in [0.15, 0.2) is 18.2 Å². The van der Waals surface area contributed by atoms with Gasteiger partial charge < -0.3 is 9.80 Å². The van der Waals surface area contributed by atoms with Crippen molar-refractivity contribution in [1.29, 1.82) is 0 Å². The van der Waals surface area contributed by atoms with Gasteiger partial charge in [-0.15, -0.1) is 0 Å². The molecular weight excluding hydrogens is 288 g/mol. The van der Waals surface area contributed by atoms with E-state index in [2.05, 4.69) is 13.0 Å². The molecule has 2 aliphatic heterocycles. The van der Waals surface area contributed by atoms with Crippen molar-refractivity contribution in [3.05, 3.63) is 29.3 Å². The Kier molecular flexibility index (Phi) is 4.42. The van der Waals surface area contributed by atoms with Crippen LogP contribution in [0, 0.1) is 19.8 Å². The predicted molar refractivity (Wildman–Crippen MR) is 91.4 cm³/mol. The lowest BCUT2D eigenvalue weighted by atomic mass is 9.99. The third-order valence-electron chi connectivity index (χ3n) is 5.20. The van der Waals surface area contributed by atoms with E-state index in [9.17, 15) is 9.59 Å². The van der Waals surface area contributed by atoms with E-state index in [1.807, 2.05) is 30.9 Å². The number of amides is 2. The highest BCUT2D eigenvalue weighted by atomic mass is 16.2. The molecule has 2 fully saturated rings. The Bertz CT molecular complexity index is 626. The summed E-state index contributed by atoms with van der Waals surface area (Å²) in [6.07, 6.45) is 3.70. The third-order valence-corrected chi connectivity index (χ3v) is 5.20. The van der Waals surface area contributed by atoms with E-state index >= 15 is 0 Å². The van der Waals surface area contributed by atoms with Crippen LogP contribution in [0.4, 0.5) is 5.69 Å². The second-order valence-corrected chi connectivity index (χ2v) is 7.07. The van der Waals surface area contributed by atoms with E-state index in [1.165, 1.54) is 12.0 Å². The van der Waals surface area contributed by atoms with E-state index in [0.29, 0.717) is 19.0 Å². The summed E-state index contributed by atoms with van der Waals surface area (Å²) in [5.74, 6) is 0.0431. The van der Waals surface area contributed by atoms with Gasteiger partial charge in [-0.05, 0) is 51.7 Å². The van der Waals surface area contributed by atoms with Gasteiger partial charge in [0, 0.05) is 31.2 Å². The quantitative estimate of drug-likeness (QED) is 0.842. The molecule has 3 rings (SSSR count). The minimum absolute atomic E-state index is 0.0694. The summed E-state index contributed by atoms with van der Waals surface area (Å²) in [7, 11) is 0. The topological polar surface area (TPSA) is 40.6 Å². The molecule has 0 unspecified atom stereocenters. The zero-order chi connectivity index (χ0) is 16.6. The summed E-state index contributed by atoms with van der Waals surface area (Å²) in [5, 5.41) is 0. The standard InChI is InChI=1S/C19H26N2O2/c1-13-7-8-17(14(2)10-13)21-12-16(11-18(21)22)19(23)20-9-5-4-6-15(20)3/h7-8,10,15-16H,4-6,9,11-12H2,1-3H3/t15-,16-/m1/s1. The minimum atomic E-state index is -0.191. The first-order valence-corrected chi connectivity index (χ1v) is 8.65. The highest BCUT2D eigenvalue weighted by Gasteiger charge is 2.39. The smallest absolute Gasteiger partial charge is 0.228 e. The van der Waals surface area contributed by atoms with Gasteiger partial charge in [0.15, 0.2) is 0 Å². The van der Waals surface area contributed by atoms with Gasteiger partial charge in [0.1, 0.15) is 0 Å². The molecule has 2 saturated heterocycles. The van der Waals surface area contributed by atoms with Crippen molar-refractivity contribution in [2.45, 2.75) is 52.5 Å². The highest BCUT2D eigenvalue weighted by Crippen LogP contribution is 2.30. The van der Waals surface area contributed by atoms with Crippen molar-refractivity contribution in [3.8, 4) is 0 Å². The number of likely N-dealkylation sites (tertiary alicyclic amines) is 1. The number of nitrogens with zero attached hydrogens (tertiary/aromatic N) is 2. The Morgan fingerprint density at radius 3 is 2.70 bits per heavy atom. The second-order valence-electron chi connectivity index (χ2n) is 7.07. The van der Waals surface area contributed by atoms with Crippen molar-refractivity contribution in [2.24, 2.45) is 5.92 Å². The van der Waals surface area contributed by atoms with Gasteiger partial charge in [-0.3, -0.25) is 9.59 Å². The van der Waals surface area contributed by atoms with Gasteiger partial charge in [0.2, 0.25) is 11.8 Å². The molecular formula is C19H26N2O2. The minimum Gasteiger partial charge on any atom is -0.340 e. The lowest BCUT2D eigenvalue weighted by Gasteiger charge is -2.35. The second kappa shape index (κ2) is 6.34. The van der Waals surface area contributed by atoms with Crippen LogP contribution in [0.25, 0.3) is 0 Å². The third kappa shape index (κ3) is 3.12. The summed E-state index contributed by atoms with van der Waals surface area (Å²) in [4.78, 5) is 29.1. The zero-order valence-corrected chi connectivity index (χ0v) is 14.3. The van der Waals surface area contributed by atoms with Crippen molar-refractivity contribution in [2.75, 3.05) is 18.0 Å². The fraction of sp³-hybridized carbons (Fsp3) is 0.579. The molecule has 2 heterocycles. The Morgan fingerprint density at radius 2 is 2.00 bits per heavy atom. The summed E-state index contributed by atoms with van der Waals surface area (Å²) in [6, 6.07) is 6.42. The number of rotatable bonds is 2. The lowest BCUT2D eigenvalue weighted by molar-refractivity contribution is -0.139. The van der Waals surface area contributed by atoms with E-state index < -0.39 is 0 Å². The molecule has 0 aliphatic carbocycles. The summed E-state index contributed by atoms with van der Waals surface area (Å²) in [6.45, 7) is 7.55. The van der Waals surface area contributed by atoms with Gasteiger partial charge in [0.05, 0.1) is 5.92 Å². The van der Waals surface area contributed by atoms with E-state index in [4.69, 9.17) is 0 Å². The number of hydrogen-bond donors (Lipinski definition) is 0. The molecule has 1 aromatic carbocycles. The van der Waals surface area contributed by atoms with E-state index in [-0.39, 0.29) is 17.7 Å². The average molecular weight is 314 g/mol. The summed E-state index contributed by atoms with van der Waals surface area (Å²) < 4.78 is 0. The largest absolute Gasteiger partial charge is 0.340 e. The number of anilines is 1. The first-order chi connectivity index (χ1) is 11.0. The molecule has 0 N–H and O–H groups in total. The maximum Gasteiger partial charge on any atom is 0.228 e. The van der Waals surface area contributed by atoms with Gasteiger partial charge in [-0.25, -0.2) is 0 Å².